The largest absolute Gasteiger partial charge is 0.504 e. The Bertz CT molecular complexity index is 454. The molecule has 0 amide bonds. The monoisotopic (exact) mass is 256 g/mol. The summed E-state index contributed by atoms with van der Waals surface area (Å²) >= 11 is 0. The van der Waals surface area contributed by atoms with Crippen molar-refractivity contribution in [3.8, 4) is 17.2 Å². The maximum absolute atomic E-state index is 11.5. The third-order valence-electron chi connectivity index (χ3n) is 2.59. The average molecular weight is 256 g/mol. The zero-order valence-electron chi connectivity index (χ0n) is 10.2. The number of aromatic hydroxyl groups is 3. The van der Waals surface area contributed by atoms with Crippen molar-refractivity contribution in [3.05, 3.63) is 17.2 Å². The minimum absolute atomic E-state index is 0.140. The molecule has 1 rings (SSSR count). The lowest BCUT2D eigenvalue weighted by molar-refractivity contribution is 0.0590. The van der Waals surface area contributed by atoms with Crippen LogP contribution in [0.1, 0.15) is 41.8 Å². The second-order valence-electron chi connectivity index (χ2n) is 3.85. The molecule has 6 heteroatoms. The van der Waals surface area contributed by atoms with Gasteiger partial charge in [-0.15, -0.1) is 0 Å². The Balaban J connectivity index is 3.44. The molecule has 4 N–H and O–H groups in total. The van der Waals surface area contributed by atoms with Gasteiger partial charge in [0.15, 0.2) is 11.5 Å². The number of hydrogen-bond donors (Lipinski definition) is 4. The maximum atomic E-state index is 11.5. The normalized spacial score (nSPS) is 12.2. The second kappa shape index (κ2) is 5.59. The number of esters is 1. The molecule has 0 bridgehead atoms. The molecule has 1 unspecified atom stereocenters. The molecule has 18 heavy (non-hydrogen) atoms. The fourth-order valence-corrected chi connectivity index (χ4v) is 1.69. The van der Waals surface area contributed by atoms with Crippen LogP contribution in [0.25, 0.3) is 0 Å². The van der Waals surface area contributed by atoms with Crippen LogP contribution in [-0.2, 0) is 4.74 Å². The van der Waals surface area contributed by atoms with Crippen molar-refractivity contribution in [1.29, 1.82) is 0 Å². The van der Waals surface area contributed by atoms with E-state index in [1.54, 1.807) is 0 Å². The van der Waals surface area contributed by atoms with Crippen LogP contribution in [-0.4, -0.2) is 33.5 Å². The van der Waals surface area contributed by atoms with Gasteiger partial charge in [0, 0.05) is 5.56 Å². The molecule has 1 aromatic rings. The molecule has 0 aliphatic heterocycles. The molecule has 0 saturated carbocycles. The van der Waals surface area contributed by atoms with Crippen molar-refractivity contribution >= 4 is 5.97 Å². The number of ether oxygens (including phenoxy) is 1. The maximum Gasteiger partial charge on any atom is 0.338 e. The summed E-state index contributed by atoms with van der Waals surface area (Å²) in [5.41, 5.74) is -0.315. The summed E-state index contributed by atoms with van der Waals surface area (Å²) in [5.74, 6) is -2.95. The SMILES string of the molecule is CCCC(O)c1c(C(=O)OC)cc(O)c(O)c1O. The van der Waals surface area contributed by atoms with E-state index in [2.05, 4.69) is 4.74 Å². The highest BCUT2D eigenvalue weighted by Gasteiger charge is 2.26. The number of aliphatic hydroxyl groups is 1. The average Bonchev–Trinajstić information content (AvgIpc) is 2.34. The number of carbonyl (C=O) groups is 1. The number of phenols is 3. The molecular formula is C12H16O6. The van der Waals surface area contributed by atoms with Gasteiger partial charge in [-0.3, -0.25) is 0 Å². The van der Waals surface area contributed by atoms with Crippen LogP contribution < -0.4 is 0 Å². The van der Waals surface area contributed by atoms with E-state index in [1.165, 1.54) is 0 Å². The third kappa shape index (κ3) is 2.48. The lowest BCUT2D eigenvalue weighted by Crippen LogP contribution is -2.10. The highest BCUT2D eigenvalue weighted by atomic mass is 16.5. The zero-order chi connectivity index (χ0) is 13.9. The minimum Gasteiger partial charge on any atom is -0.504 e. The van der Waals surface area contributed by atoms with Crippen molar-refractivity contribution in [2.45, 2.75) is 25.9 Å². The Morgan fingerprint density at radius 3 is 2.44 bits per heavy atom. The van der Waals surface area contributed by atoms with Crippen LogP contribution in [0.4, 0.5) is 0 Å². The van der Waals surface area contributed by atoms with Crippen molar-refractivity contribution in [2.75, 3.05) is 7.11 Å². The van der Waals surface area contributed by atoms with Crippen molar-refractivity contribution in [2.24, 2.45) is 0 Å². The second-order valence-corrected chi connectivity index (χ2v) is 3.85. The van der Waals surface area contributed by atoms with Crippen molar-refractivity contribution in [3.63, 3.8) is 0 Å². The number of rotatable bonds is 4. The van der Waals surface area contributed by atoms with Crippen LogP contribution in [0, 0.1) is 0 Å². The summed E-state index contributed by atoms with van der Waals surface area (Å²) in [4.78, 5) is 11.5. The molecular weight excluding hydrogens is 240 g/mol. The van der Waals surface area contributed by atoms with E-state index < -0.39 is 29.3 Å². The van der Waals surface area contributed by atoms with Gasteiger partial charge >= 0.3 is 5.97 Å². The third-order valence-corrected chi connectivity index (χ3v) is 2.59. The van der Waals surface area contributed by atoms with Gasteiger partial charge in [-0.2, -0.15) is 0 Å². The van der Waals surface area contributed by atoms with Crippen LogP contribution in [0.5, 0.6) is 17.2 Å². The molecule has 0 spiro atoms. The molecule has 0 fully saturated rings. The van der Waals surface area contributed by atoms with Crippen molar-refractivity contribution < 1.29 is 30.0 Å². The minimum atomic E-state index is -1.13. The topological polar surface area (TPSA) is 107 Å². The lowest BCUT2D eigenvalue weighted by atomic mass is 9.97. The molecule has 0 heterocycles. The summed E-state index contributed by atoms with van der Waals surface area (Å²) in [6, 6.07) is 0.953. The van der Waals surface area contributed by atoms with Crippen LogP contribution in [0.3, 0.4) is 0 Å². The van der Waals surface area contributed by atoms with Gasteiger partial charge in [0.05, 0.1) is 18.8 Å². The Labute approximate surface area is 104 Å². The molecule has 0 aliphatic rings. The van der Waals surface area contributed by atoms with E-state index in [1.807, 2.05) is 6.92 Å². The van der Waals surface area contributed by atoms with Gasteiger partial charge < -0.3 is 25.2 Å². The number of carbonyl (C=O) groups excluding carboxylic acids is 1. The Hall–Kier alpha value is -1.95. The number of benzene rings is 1. The van der Waals surface area contributed by atoms with Gasteiger partial charge in [-0.05, 0) is 12.5 Å². The van der Waals surface area contributed by atoms with E-state index in [0.29, 0.717) is 12.8 Å². The van der Waals surface area contributed by atoms with Gasteiger partial charge in [-0.25, -0.2) is 4.79 Å². The zero-order valence-corrected chi connectivity index (χ0v) is 10.2. The molecule has 0 aromatic heterocycles. The van der Waals surface area contributed by atoms with E-state index in [4.69, 9.17) is 0 Å². The molecule has 0 saturated heterocycles. The smallest absolute Gasteiger partial charge is 0.338 e. The number of methoxy groups -OCH3 is 1. The van der Waals surface area contributed by atoms with E-state index in [9.17, 15) is 25.2 Å². The number of hydrogen-bond acceptors (Lipinski definition) is 6. The molecule has 6 nitrogen and oxygen atoms in total. The first-order valence-electron chi connectivity index (χ1n) is 5.48. The first-order valence-corrected chi connectivity index (χ1v) is 5.48. The van der Waals surface area contributed by atoms with E-state index in [0.717, 1.165) is 13.2 Å². The quantitative estimate of drug-likeness (QED) is 0.479. The molecule has 0 radical (unpaired) electrons. The van der Waals surface area contributed by atoms with E-state index in [-0.39, 0.29) is 11.1 Å². The predicted molar refractivity (Wildman–Crippen MR) is 62.6 cm³/mol. The van der Waals surface area contributed by atoms with Gasteiger partial charge in [0.1, 0.15) is 0 Å². The summed E-state index contributed by atoms with van der Waals surface area (Å²) < 4.78 is 4.50. The summed E-state index contributed by atoms with van der Waals surface area (Å²) in [6.45, 7) is 1.82. The van der Waals surface area contributed by atoms with Crippen molar-refractivity contribution in [1.82, 2.24) is 0 Å². The summed E-state index contributed by atoms with van der Waals surface area (Å²) in [6.07, 6.45) is -0.222. The summed E-state index contributed by atoms with van der Waals surface area (Å²) in [7, 11) is 1.14. The van der Waals surface area contributed by atoms with Crippen LogP contribution >= 0.6 is 0 Å². The van der Waals surface area contributed by atoms with Crippen LogP contribution in [0.2, 0.25) is 0 Å². The molecule has 1 atom stereocenters. The number of phenolic OH excluding ortho intramolecular Hbond substituents is 3. The fourth-order valence-electron chi connectivity index (χ4n) is 1.69. The van der Waals surface area contributed by atoms with Gasteiger partial charge in [0.2, 0.25) is 5.75 Å². The highest BCUT2D eigenvalue weighted by Crippen LogP contribution is 2.43. The standard InChI is InChI=1S/C12H16O6/c1-3-4-7(13)9-6(12(17)18-2)5-8(14)10(15)11(9)16/h5,7,13-16H,3-4H2,1-2H3. The lowest BCUT2D eigenvalue weighted by Gasteiger charge is -2.17. The first-order chi connectivity index (χ1) is 8.43. The first kappa shape index (κ1) is 14.1. The Kier molecular flexibility index (Phi) is 4.38. The Morgan fingerprint density at radius 1 is 1.33 bits per heavy atom. The fraction of sp³-hybridized carbons (Fsp3) is 0.417. The van der Waals surface area contributed by atoms with Gasteiger partial charge in [-0.1, -0.05) is 13.3 Å². The van der Waals surface area contributed by atoms with Crippen LogP contribution in [0.15, 0.2) is 6.07 Å². The molecule has 100 valence electrons. The Morgan fingerprint density at radius 2 is 1.94 bits per heavy atom. The molecule has 0 aliphatic carbocycles. The predicted octanol–water partition coefficient (Wildman–Crippen LogP) is 1.42. The number of aliphatic hydroxyl groups excluding tert-OH is 1. The summed E-state index contributed by atoms with van der Waals surface area (Å²) in [5, 5.41) is 38.4. The highest BCUT2D eigenvalue weighted by molar-refractivity contribution is 5.93. The van der Waals surface area contributed by atoms with Gasteiger partial charge in [0.25, 0.3) is 0 Å². The van der Waals surface area contributed by atoms with E-state index >= 15 is 0 Å². The molecule has 1 aromatic carbocycles.